The molecule has 1 aromatic rings. The molecule has 0 aromatic heterocycles. The van der Waals surface area contributed by atoms with Gasteiger partial charge in [-0.15, -0.1) is 0 Å². The van der Waals surface area contributed by atoms with E-state index in [-0.39, 0.29) is 11.8 Å². The number of esters is 1. The van der Waals surface area contributed by atoms with Crippen molar-refractivity contribution in [2.24, 2.45) is 0 Å². The molecular formula is C16H22FNO2. The molecule has 1 fully saturated rings. The molecule has 0 unspecified atom stereocenters. The predicted octanol–water partition coefficient (Wildman–Crippen LogP) is 2.96. The highest BCUT2D eigenvalue weighted by molar-refractivity contribution is 5.69. The first-order chi connectivity index (χ1) is 9.69. The second-order valence-electron chi connectivity index (χ2n) is 5.22. The Labute approximate surface area is 119 Å². The fourth-order valence-electron chi connectivity index (χ4n) is 2.71. The van der Waals surface area contributed by atoms with Crippen LogP contribution in [0.5, 0.6) is 0 Å². The Hall–Kier alpha value is -1.42. The first kappa shape index (κ1) is 15.0. The highest BCUT2D eigenvalue weighted by Crippen LogP contribution is 2.28. The van der Waals surface area contributed by atoms with Crippen molar-refractivity contribution < 1.29 is 13.9 Å². The van der Waals surface area contributed by atoms with E-state index in [4.69, 9.17) is 4.74 Å². The minimum atomic E-state index is -0.180. The van der Waals surface area contributed by atoms with Gasteiger partial charge in [0.2, 0.25) is 0 Å². The molecule has 1 aliphatic heterocycles. The first-order valence-corrected chi connectivity index (χ1v) is 7.32. The molecule has 0 N–H and O–H groups in total. The quantitative estimate of drug-likeness (QED) is 0.776. The van der Waals surface area contributed by atoms with E-state index in [1.54, 1.807) is 0 Å². The van der Waals surface area contributed by atoms with Crippen molar-refractivity contribution in [2.45, 2.75) is 32.1 Å². The Balaban J connectivity index is 1.75. The molecule has 0 spiro atoms. The number of nitrogens with zero attached hydrogens (tertiary/aromatic N) is 1. The highest BCUT2D eigenvalue weighted by Gasteiger charge is 2.20. The average Bonchev–Trinajstić information content (AvgIpc) is 2.47. The summed E-state index contributed by atoms with van der Waals surface area (Å²) in [6.07, 6.45) is 2.60. The van der Waals surface area contributed by atoms with Crippen LogP contribution in [0.1, 0.15) is 37.7 Å². The van der Waals surface area contributed by atoms with Gasteiger partial charge in [-0.05, 0) is 56.5 Å². The molecule has 1 aromatic carbocycles. The van der Waals surface area contributed by atoms with Gasteiger partial charge in [-0.3, -0.25) is 4.79 Å². The number of carbonyl (C=O) groups excluding carboxylic acids is 1. The van der Waals surface area contributed by atoms with Gasteiger partial charge in [0.1, 0.15) is 5.82 Å². The molecule has 1 heterocycles. The van der Waals surface area contributed by atoms with Crippen LogP contribution in [-0.4, -0.2) is 37.1 Å². The van der Waals surface area contributed by atoms with E-state index in [1.807, 2.05) is 19.1 Å². The number of benzene rings is 1. The molecule has 0 atom stereocenters. The summed E-state index contributed by atoms with van der Waals surface area (Å²) in [4.78, 5) is 13.6. The van der Waals surface area contributed by atoms with Crippen LogP contribution in [0.2, 0.25) is 0 Å². The Morgan fingerprint density at radius 1 is 1.30 bits per heavy atom. The maximum atomic E-state index is 12.9. The molecule has 1 saturated heterocycles. The van der Waals surface area contributed by atoms with Crippen LogP contribution in [-0.2, 0) is 9.53 Å². The van der Waals surface area contributed by atoms with E-state index < -0.39 is 0 Å². The molecule has 3 nitrogen and oxygen atoms in total. The normalized spacial score (nSPS) is 17.1. The number of hydrogen-bond donors (Lipinski definition) is 0. The lowest BCUT2D eigenvalue weighted by Gasteiger charge is -2.31. The van der Waals surface area contributed by atoms with Crippen LogP contribution in [0, 0.1) is 5.82 Å². The summed E-state index contributed by atoms with van der Waals surface area (Å²) in [5, 5.41) is 0. The lowest BCUT2D eigenvalue weighted by Crippen LogP contribution is -2.34. The van der Waals surface area contributed by atoms with E-state index >= 15 is 0 Å². The van der Waals surface area contributed by atoms with Crippen LogP contribution in [0.3, 0.4) is 0 Å². The van der Waals surface area contributed by atoms with Gasteiger partial charge in [-0.1, -0.05) is 12.1 Å². The Morgan fingerprint density at radius 3 is 2.55 bits per heavy atom. The first-order valence-electron chi connectivity index (χ1n) is 7.32. The summed E-state index contributed by atoms with van der Waals surface area (Å²) in [5.41, 5.74) is 1.22. The number of hydrogen-bond acceptors (Lipinski definition) is 3. The molecule has 0 bridgehead atoms. The zero-order valence-electron chi connectivity index (χ0n) is 12.0. The summed E-state index contributed by atoms with van der Waals surface area (Å²) in [6, 6.07) is 6.83. The predicted molar refractivity (Wildman–Crippen MR) is 76.1 cm³/mol. The summed E-state index contributed by atoms with van der Waals surface area (Å²) >= 11 is 0. The number of rotatable bonds is 5. The number of likely N-dealkylation sites (tertiary alicyclic amines) is 1. The standard InChI is InChI=1S/C16H22FNO2/c1-2-20-16(19)9-12-18-10-7-14(8-11-18)13-3-5-15(17)6-4-13/h3-6,14H,2,7-12H2,1H3. The SMILES string of the molecule is CCOC(=O)CCN1CCC(c2ccc(F)cc2)CC1. The molecule has 20 heavy (non-hydrogen) atoms. The van der Waals surface area contributed by atoms with Crippen molar-refractivity contribution in [3.05, 3.63) is 35.6 Å². The minimum absolute atomic E-state index is 0.117. The van der Waals surface area contributed by atoms with Crippen molar-refractivity contribution >= 4 is 5.97 Å². The Kier molecular flexibility index (Phi) is 5.53. The zero-order valence-corrected chi connectivity index (χ0v) is 12.0. The second kappa shape index (κ2) is 7.39. The minimum Gasteiger partial charge on any atom is -0.466 e. The van der Waals surface area contributed by atoms with E-state index in [0.29, 0.717) is 18.9 Å². The third-order valence-corrected chi connectivity index (χ3v) is 3.87. The Morgan fingerprint density at radius 2 is 1.95 bits per heavy atom. The fourth-order valence-corrected chi connectivity index (χ4v) is 2.71. The summed E-state index contributed by atoms with van der Waals surface area (Å²) in [5.74, 6) is 0.211. The zero-order chi connectivity index (χ0) is 14.4. The molecule has 0 radical (unpaired) electrons. The van der Waals surface area contributed by atoms with Gasteiger partial charge in [0, 0.05) is 6.54 Å². The van der Waals surface area contributed by atoms with Gasteiger partial charge in [0.25, 0.3) is 0 Å². The van der Waals surface area contributed by atoms with Gasteiger partial charge < -0.3 is 9.64 Å². The summed E-state index contributed by atoms with van der Waals surface area (Å²) in [7, 11) is 0. The molecule has 110 valence electrons. The summed E-state index contributed by atoms with van der Waals surface area (Å²) < 4.78 is 17.8. The van der Waals surface area contributed by atoms with Crippen LogP contribution in [0.15, 0.2) is 24.3 Å². The maximum Gasteiger partial charge on any atom is 0.307 e. The monoisotopic (exact) mass is 279 g/mol. The van der Waals surface area contributed by atoms with Crippen LogP contribution < -0.4 is 0 Å². The highest BCUT2D eigenvalue weighted by atomic mass is 19.1. The third kappa shape index (κ3) is 4.30. The number of carbonyl (C=O) groups is 1. The number of piperidine rings is 1. The van der Waals surface area contributed by atoms with E-state index in [9.17, 15) is 9.18 Å². The van der Waals surface area contributed by atoms with E-state index in [1.165, 1.54) is 17.7 Å². The molecule has 4 heteroatoms. The van der Waals surface area contributed by atoms with Crippen molar-refractivity contribution in [1.29, 1.82) is 0 Å². The summed E-state index contributed by atoms with van der Waals surface area (Å²) in [6.45, 7) is 5.02. The van der Waals surface area contributed by atoms with Crippen molar-refractivity contribution in [3.8, 4) is 0 Å². The number of halogens is 1. The molecule has 1 aliphatic rings. The van der Waals surface area contributed by atoms with Crippen LogP contribution in [0.4, 0.5) is 4.39 Å². The lowest BCUT2D eigenvalue weighted by molar-refractivity contribution is -0.143. The number of ether oxygens (including phenoxy) is 1. The molecule has 0 amide bonds. The molecule has 0 saturated carbocycles. The van der Waals surface area contributed by atoms with Crippen LogP contribution in [0.25, 0.3) is 0 Å². The van der Waals surface area contributed by atoms with Crippen molar-refractivity contribution in [3.63, 3.8) is 0 Å². The maximum absolute atomic E-state index is 12.9. The van der Waals surface area contributed by atoms with Gasteiger partial charge >= 0.3 is 5.97 Å². The smallest absolute Gasteiger partial charge is 0.307 e. The topological polar surface area (TPSA) is 29.5 Å². The third-order valence-electron chi connectivity index (χ3n) is 3.87. The van der Waals surface area contributed by atoms with Crippen molar-refractivity contribution in [2.75, 3.05) is 26.2 Å². The fraction of sp³-hybridized carbons (Fsp3) is 0.562. The van der Waals surface area contributed by atoms with Crippen molar-refractivity contribution in [1.82, 2.24) is 4.90 Å². The van der Waals surface area contributed by atoms with E-state index in [0.717, 1.165) is 32.5 Å². The van der Waals surface area contributed by atoms with Crippen LogP contribution >= 0.6 is 0 Å². The second-order valence-corrected chi connectivity index (χ2v) is 5.22. The van der Waals surface area contributed by atoms with Gasteiger partial charge in [-0.25, -0.2) is 4.39 Å². The van der Waals surface area contributed by atoms with Gasteiger partial charge in [0.15, 0.2) is 0 Å². The van der Waals surface area contributed by atoms with Gasteiger partial charge in [0.05, 0.1) is 13.0 Å². The Bertz CT molecular complexity index is 425. The van der Waals surface area contributed by atoms with E-state index in [2.05, 4.69) is 4.90 Å². The lowest BCUT2D eigenvalue weighted by atomic mass is 9.89. The molecule has 0 aliphatic carbocycles. The largest absolute Gasteiger partial charge is 0.466 e. The average molecular weight is 279 g/mol. The molecule has 2 rings (SSSR count). The molecular weight excluding hydrogens is 257 g/mol. The van der Waals surface area contributed by atoms with Gasteiger partial charge in [-0.2, -0.15) is 0 Å².